The van der Waals surface area contributed by atoms with Crippen molar-refractivity contribution in [2.45, 2.75) is 27.7 Å². The minimum absolute atomic E-state index is 0.753. The minimum atomic E-state index is 0.753. The van der Waals surface area contributed by atoms with Gasteiger partial charge in [-0.3, -0.25) is 4.79 Å². The van der Waals surface area contributed by atoms with Crippen LogP contribution >= 0.6 is 11.3 Å². The molecule has 2 aromatic rings. The molecule has 16 heavy (non-hydrogen) atoms. The second-order valence-corrected chi connectivity index (χ2v) is 5.08. The van der Waals surface area contributed by atoms with Crippen LogP contribution in [-0.2, 0) is 0 Å². The molecule has 2 heterocycles. The molecule has 0 radical (unpaired) electrons. The maximum Gasteiger partial charge on any atom is 0.151 e. The van der Waals surface area contributed by atoms with E-state index in [4.69, 9.17) is 0 Å². The first kappa shape index (κ1) is 11.1. The minimum Gasteiger partial charge on any atom is -0.308 e. The molecule has 3 nitrogen and oxygen atoms in total. The van der Waals surface area contributed by atoms with Gasteiger partial charge >= 0.3 is 0 Å². The highest BCUT2D eigenvalue weighted by molar-refractivity contribution is 7.14. The number of nitrogens with zero attached hydrogens (tertiary/aromatic N) is 2. The van der Waals surface area contributed by atoms with E-state index in [1.165, 1.54) is 0 Å². The zero-order chi connectivity index (χ0) is 11.9. The summed E-state index contributed by atoms with van der Waals surface area (Å²) in [5.41, 5.74) is 3.83. The number of aldehydes is 1. The van der Waals surface area contributed by atoms with Crippen LogP contribution in [0, 0.1) is 27.7 Å². The summed E-state index contributed by atoms with van der Waals surface area (Å²) in [5.74, 6) is 0. The van der Waals surface area contributed by atoms with Crippen molar-refractivity contribution in [1.29, 1.82) is 0 Å². The molecule has 0 spiro atoms. The molecule has 0 aliphatic carbocycles. The first-order chi connectivity index (χ1) is 7.54. The smallest absolute Gasteiger partial charge is 0.151 e. The molecule has 0 aromatic carbocycles. The van der Waals surface area contributed by atoms with Crippen LogP contribution in [0.1, 0.15) is 32.4 Å². The Kier molecular flexibility index (Phi) is 2.68. The number of rotatable bonds is 2. The van der Waals surface area contributed by atoms with Crippen molar-refractivity contribution < 1.29 is 4.79 Å². The highest BCUT2D eigenvalue weighted by atomic mass is 32.1. The summed E-state index contributed by atoms with van der Waals surface area (Å²) in [5, 5.41) is 2.16. The molecule has 4 heteroatoms. The first-order valence-corrected chi connectivity index (χ1v) is 5.94. The SMILES string of the molecule is Cc1nc(C)c(-n2c(C)cc(C=O)c2C)s1. The standard InChI is InChI=1S/C12H14N2OS/c1-7-5-11(6-15)9(3)14(7)12-8(2)13-10(4)16-12/h5-6H,1-4H3. The Bertz CT molecular complexity index is 552. The maximum absolute atomic E-state index is 10.9. The third-order valence-electron chi connectivity index (χ3n) is 2.68. The number of carbonyl (C=O) groups is 1. The van der Waals surface area contributed by atoms with Gasteiger partial charge in [0.05, 0.1) is 10.7 Å². The van der Waals surface area contributed by atoms with Gasteiger partial charge in [-0.15, -0.1) is 11.3 Å². The summed E-state index contributed by atoms with van der Waals surface area (Å²) in [6.45, 7) is 7.97. The average Bonchev–Trinajstić information content (AvgIpc) is 2.67. The van der Waals surface area contributed by atoms with E-state index < -0.39 is 0 Å². The van der Waals surface area contributed by atoms with E-state index in [9.17, 15) is 4.79 Å². The molecule has 0 bridgehead atoms. The Hall–Kier alpha value is -1.42. The van der Waals surface area contributed by atoms with Crippen LogP contribution in [0.5, 0.6) is 0 Å². The van der Waals surface area contributed by atoms with Gasteiger partial charge in [0.25, 0.3) is 0 Å². The maximum atomic E-state index is 10.9. The van der Waals surface area contributed by atoms with Crippen LogP contribution in [0.15, 0.2) is 6.07 Å². The van der Waals surface area contributed by atoms with Crippen molar-refractivity contribution in [3.8, 4) is 5.00 Å². The van der Waals surface area contributed by atoms with Crippen LogP contribution in [0.3, 0.4) is 0 Å². The Morgan fingerprint density at radius 3 is 2.44 bits per heavy atom. The fourth-order valence-corrected chi connectivity index (χ4v) is 2.98. The lowest BCUT2D eigenvalue weighted by Gasteiger charge is -2.06. The van der Waals surface area contributed by atoms with Gasteiger partial charge in [0.2, 0.25) is 0 Å². The van der Waals surface area contributed by atoms with Crippen LogP contribution < -0.4 is 0 Å². The van der Waals surface area contributed by atoms with E-state index in [-0.39, 0.29) is 0 Å². The van der Waals surface area contributed by atoms with Crippen LogP contribution in [0.4, 0.5) is 0 Å². The van der Waals surface area contributed by atoms with Crippen molar-refractivity contribution in [1.82, 2.24) is 9.55 Å². The topological polar surface area (TPSA) is 34.9 Å². The molecule has 2 aromatic heterocycles. The molecule has 2 rings (SSSR count). The van der Waals surface area contributed by atoms with Gasteiger partial charge in [0.15, 0.2) is 6.29 Å². The summed E-state index contributed by atoms with van der Waals surface area (Å²) in [6, 6.07) is 1.91. The molecule has 84 valence electrons. The van der Waals surface area contributed by atoms with Crippen molar-refractivity contribution in [2.75, 3.05) is 0 Å². The number of carbonyl (C=O) groups excluding carboxylic acids is 1. The predicted molar refractivity (Wildman–Crippen MR) is 65.8 cm³/mol. The van der Waals surface area contributed by atoms with Crippen molar-refractivity contribution >= 4 is 17.6 Å². The molecule has 0 atom stereocenters. The monoisotopic (exact) mass is 234 g/mol. The predicted octanol–water partition coefficient (Wildman–Crippen LogP) is 2.98. The van der Waals surface area contributed by atoms with E-state index in [0.717, 1.165) is 38.9 Å². The van der Waals surface area contributed by atoms with E-state index in [2.05, 4.69) is 9.55 Å². The highest BCUT2D eigenvalue weighted by Crippen LogP contribution is 2.27. The van der Waals surface area contributed by atoms with E-state index in [1.54, 1.807) is 11.3 Å². The lowest BCUT2D eigenvalue weighted by molar-refractivity contribution is 0.112. The first-order valence-electron chi connectivity index (χ1n) is 5.13. The molecule has 0 saturated carbocycles. The molecule has 0 saturated heterocycles. The molecular weight excluding hydrogens is 220 g/mol. The summed E-state index contributed by atoms with van der Waals surface area (Å²) in [6.07, 6.45) is 0.905. The quantitative estimate of drug-likeness (QED) is 0.749. The third kappa shape index (κ3) is 1.59. The second-order valence-electron chi connectivity index (χ2n) is 3.90. The van der Waals surface area contributed by atoms with Gasteiger partial charge < -0.3 is 4.57 Å². The number of hydrogen-bond acceptors (Lipinski definition) is 3. The van der Waals surface area contributed by atoms with Crippen LogP contribution in [0.25, 0.3) is 5.00 Å². The second kappa shape index (κ2) is 3.87. The van der Waals surface area contributed by atoms with Crippen molar-refractivity contribution in [2.24, 2.45) is 0 Å². The van der Waals surface area contributed by atoms with E-state index in [1.807, 2.05) is 33.8 Å². The van der Waals surface area contributed by atoms with Gasteiger partial charge in [0.1, 0.15) is 5.00 Å². The summed E-state index contributed by atoms with van der Waals surface area (Å²) in [7, 11) is 0. The number of aromatic nitrogens is 2. The van der Waals surface area contributed by atoms with Crippen LogP contribution in [0.2, 0.25) is 0 Å². The highest BCUT2D eigenvalue weighted by Gasteiger charge is 2.14. The largest absolute Gasteiger partial charge is 0.308 e. The Morgan fingerprint density at radius 2 is 2.00 bits per heavy atom. The van der Waals surface area contributed by atoms with Gasteiger partial charge in [-0.05, 0) is 33.8 Å². The molecule has 0 aliphatic heterocycles. The lowest BCUT2D eigenvalue weighted by atomic mass is 10.3. The molecular formula is C12H14N2OS. The van der Waals surface area contributed by atoms with E-state index in [0.29, 0.717) is 0 Å². The van der Waals surface area contributed by atoms with Gasteiger partial charge in [0, 0.05) is 17.0 Å². The molecule has 0 aliphatic rings. The number of aryl methyl sites for hydroxylation is 3. The number of hydrogen-bond donors (Lipinski definition) is 0. The summed E-state index contributed by atoms with van der Waals surface area (Å²) in [4.78, 5) is 15.3. The lowest BCUT2D eigenvalue weighted by Crippen LogP contribution is -1.99. The molecule has 0 unspecified atom stereocenters. The van der Waals surface area contributed by atoms with Crippen molar-refractivity contribution in [3.05, 3.63) is 33.7 Å². The fourth-order valence-electron chi connectivity index (χ4n) is 1.95. The summed E-state index contributed by atoms with van der Waals surface area (Å²) < 4.78 is 2.10. The molecule has 0 amide bonds. The zero-order valence-corrected chi connectivity index (χ0v) is 10.7. The summed E-state index contributed by atoms with van der Waals surface area (Å²) >= 11 is 1.66. The van der Waals surface area contributed by atoms with Gasteiger partial charge in [-0.2, -0.15) is 0 Å². The zero-order valence-electron chi connectivity index (χ0n) is 9.87. The average molecular weight is 234 g/mol. The Labute approximate surface area is 98.8 Å². The number of thiazole rings is 1. The molecule has 0 fully saturated rings. The van der Waals surface area contributed by atoms with E-state index >= 15 is 0 Å². The van der Waals surface area contributed by atoms with Gasteiger partial charge in [-0.25, -0.2) is 4.98 Å². The van der Waals surface area contributed by atoms with Gasteiger partial charge in [-0.1, -0.05) is 0 Å². The van der Waals surface area contributed by atoms with Crippen LogP contribution in [-0.4, -0.2) is 15.8 Å². The fraction of sp³-hybridized carbons (Fsp3) is 0.333. The Morgan fingerprint density at radius 1 is 1.31 bits per heavy atom. The third-order valence-corrected chi connectivity index (χ3v) is 3.74. The van der Waals surface area contributed by atoms with Crippen molar-refractivity contribution in [3.63, 3.8) is 0 Å². The molecule has 0 N–H and O–H groups in total. The normalized spacial score (nSPS) is 10.8. The Balaban J connectivity index is 2.68.